The number of ether oxygens (including phenoxy) is 1. The van der Waals surface area contributed by atoms with Crippen molar-refractivity contribution >= 4 is 15.7 Å². The molecule has 0 unspecified atom stereocenters. The number of nitrogens with one attached hydrogen (secondary N) is 2. The molecule has 0 saturated carbocycles. The van der Waals surface area contributed by atoms with E-state index in [0.717, 1.165) is 0 Å². The fraction of sp³-hybridized carbons (Fsp3) is 0.500. The minimum absolute atomic E-state index is 0.0785. The molecule has 0 aliphatic heterocycles. The first-order valence-electron chi connectivity index (χ1n) is 6.21. The molecule has 21 heavy (non-hydrogen) atoms. The van der Waals surface area contributed by atoms with E-state index in [1.54, 1.807) is 26.0 Å². The van der Waals surface area contributed by atoms with Crippen molar-refractivity contribution in [2.75, 3.05) is 25.2 Å². The highest BCUT2D eigenvalue weighted by molar-refractivity contribution is 7.89. The summed E-state index contributed by atoms with van der Waals surface area (Å²) >= 11 is 0. The zero-order chi connectivity index (χ0) is 16.0. The smallest absolute Gasteiger partial charge is 0.261 e. The zero-order valence-corrected chi connectivity index (χ0v) is 12.6. The first-order chi connectivity index (χ1) is 9.77. The number of aryl methyl sites for hydroxylation is 2. The predicted octanol–water partition coefficient (Wildman–Crippen LogP) is 1.15. The molecule has 0 bridgehead atoms. The minimum atomic E-state index is -3.73. The Hall–Kier alpha value is -1.29. The summed E-state index contributed by atoms with van der Waals surface area (Å²) in [7, 11) is -3.73. The summed E-state index contributed by atoms with van der Waals surface area (Å²) in [6.45, 7) is 2.39. The van der Waals surface area contributed by atoms with E-state index < -0.39 is 23.1 Å². The Labute approximate surface area is 122 Å². The number of hydrogen-bond acceptors (Lipinski definition) is 5. The van der Waals surface area contributed by atoms with Crippen LogP contribution >= 0.6 is 0 Å². The van der Waals surface area contributed by atoms with Crippen molar-refractivity contribution in [2.24, 2.45) is 5.84 Å². The quantitative estimate of drug-likeness (QED) is 0.379. The van der Waals surface area contributed by atoms with Gasteiger partial charge in [0.1, 0.15) is 6.61 Å². The maximum atomic E-state index is 12.2. The molecule has 0 aliphatic rings. The summed E-state index contributed by atoms with van der Waals surface area (Å²) in [6.07, 6.45) is -2.57. The van der Waals surface area contributed by atoms with E-state index >= 15 is 0 Å². The van der Waals surface area contributed by atoms with E-state index in [1.165, 1.54) is 0 Å². The second-order valence-electron chi connectivity index (χ2n) is 4.45. The molecule has 0 atom stereocenters. The maximum Gasteiger partial charge on any atom is 0.261 e. The van der Waals surface area contributed by atoms with Crippen molar-refractivity contribution in [3.8, 4) is 0 Å². The van der Waals surface area contributed by atoms with Gasteiger partial charge in [0.05, 0.1) is 11.5 Å². The number of anilines is 1. The second-order valence-corrected chi connectivity index (χ2v) is 6.15. The van der Waals surface area contributed by atoms with Gasteiger partial charge in [-0.15, -0.1) is 0 Å². The Morgan fingerprint density at radius 3 is 2.33 bits per heavy atom. The molecule has 1 rings (SSSR count). The Bertz CT molecular complexity index is 556. The predicted molar refractivity (Wildman–Crippen MR) is 75.7 cm³/mol. The highest BCUT2D eigenvalue weighted by Gasteiger charge is 2.19. The number of nitrogens with two attached hydrogens (primary N) is 1. The molecule has 6 nitrogen and oxygen atoms in total. The summed E-state index contributed by atoms with van der Waals surface area (Å²) in [5, 5.41) is 0. The molecule has 0 radical (unpaired) electrons. The normalized spacial score (nSPS) is 11.9. The van der Waals surface area contributed by atoms with Crippen LogP contribution in [0.3, 0.4) is 0 Å². The number of sulfonamides is 1. The average molecular weight is 323 g/mol. The fourth-order valence-electron chi connectivity index (χ4n) is 1.95. The van der Waals surface area contributed by atoms with Gasteiger partial charge in [0.25, 0.3) is 6.43 Å². The van der Waals surface area contributed by atoms with Crippen LogP contribution in [0.2, 0.25) is 0 Å². The molecule has 0 fully saturated rings. The van der Waals surface area contributed by atoms with Crippen LogP contribution in [0.4, 0.5) is 14.5 Å². The summed E-state index contributed by atoms with van der Waals surface area (Å²) in [5.41, 5.74) is 4.12. The molecule has 1 aromatic rings. The van der Waals surface area contributed by atoms with E-state index in [0.29, 0.717) is 16.8 Å². The first-order valence-corrected chi connectivity index (χ1v) is 7.69. The van der Waals surface area contributed by atoms with Crippen LogP contribution in [0.5, 0.6) is 0 Å². The molecule has 0 heterocycles. The van der Waals surface area contributed by atoms with Crippen molar-refractivity contribution in [3.05, 3.63) is 23.3 Å². The van der Waals surface area contributed by atoms with E-state index in [2.05, 4.69) is 14.9 Å². The van der Waals surface area contributed by atoms with Crippen LogP contribution in [-0.2, 0) is 14.8 Å². The van der Waals surface area contributed by atoms with E-state index in [-0.39, 0.29) is 18.0 Å². The number of nitrogen functional groups attached to an aromatic ring is 1. The van der Waals surface area contributed by atoms with Gasteiger partial charge in [0, 0.05) is 12.2 Å². The topological polar surface area (TPSA) is 93.5 Å². The number of benzene rings is 1. The largest absolute Gasteiger partial charge is 0.374 e. The van der Waals surface area contributed by atoms with E-state index in [9.17, 15) is 17.2 Å². The van der Waals surface area contributed by atoms with Gasteiger partial charge in [-0.05, 0) is 37.1 Å². The Kier molecular flexibility index (Phi) is 6.46. The van der Waals surface area contributed by atoms with Gasteiger partial charge in [-0.1, -0.05) is 0 Å². The fourth-order valence-corrected chi connectivity index (χ4v) is 3.41. The zero-order valence-electron chi connectivity index (χ0n) is 11.8. The number of rotatable bonds is 8. The Morgan fingerprint density at radius 1 is 1.29 bits per heavy atom. The third-order valence-corrected chi connectivity index (χ3v) is 4.44. The molecule has 0 aliphatic carbocycles. The lowest BCUT2D eigenvalue weighted by Gasteiger charge is -2.14. The van der Waals surface area contributed by atoms with Crippen LogP contribution in [0.25, 0.3) is 0 Å². The van der Waals surface area contributed by atoms with Crippen molar-refractivity contribution in [1.82, 2.24) is 4.72 Å². The van der Waals surface area contributed by atoms with Crippen molar-refractivity contribution in [2.45, 2.75) is 25.2 Å². The standard InChI is InChI=1S/C12H19F2N3O3S/c1-8-5-10(17-15)6-9(2)12(8)21(18,19)16-3-4-20-7-11(13)14/h5-6,11,16-17H,3-4,7,15H2,1-2H3. The molecule has 0 aromatic heterocycles. The average Bonchev–Trinajstić information content (AvgIpc) is 2.36. The second kappa shape index (κ2) is 7.64. The number of hydrogen-bond donors (Lipinski definition) is 3. The minimum Gasteiger partial charge on any atom is -0.374 e. The molecule has 120 valence electrons. The molecule has 4 N–H and O–H groups in total. The third-order valence-electron chi connectivity index (χ3n) is 2.68. The summed E-state index contributed by atoms with van der Waals surface area (Å²) in [6, 6.07) is 3.21. The molecular weight excluding hydrogens is 304 g/mol. The number of alkyl halides is 2. The monoisotopic (exact) mass is 323 g/mol. The molecule has 0 amide bonds. The van der Waals surface area contributed by atoms with E-state index in [1.807, 2.05) is 0 Å². The van der Waals surface area contributed by atoms with Crippen molar-refractivity contribution < 1.29 is 21.9 Å². The van der Waals surface area contributed by atoms with E-state index in [4.69, 9.17) is 5.84 Å². The molecule has 0 saturated heterocycles. The van der Waals surface area contributed by atoms with Crippen LogP contribution in [0.1, 0.15) is 11.1 Å². The maximum absolute atomic E-state index is 12.2. The van der Waals surface area contributed by atoms with Gasteiger partial charge in [0.2, 0.25) is 10.0 Å². The number of halogens is 2. The molecule has 9 heteroatoms. The lowest BCUT2D eigenvalue weighted by atomic mass is 10.1. The summed E-state index contributed by atoms with van der Waals surface area (Å²) < 4.78 is 55.1. The van der Waals surface area contributed by atoms with Crippen LogP contribution in [0.15, 0.2) is 17.0 Å². The van der Waals surface area contributed by atoms with Gasteiger partial charge in [0.15, 0.2) is 0 Å². The van der Waals surface area contributed by atoms with Gasteiger partial charge in [-0.25, -0.2) is 21.9 Å². The lowest BCUT2D eigenvalue weighted by Crippen LogP contribution is -2.29. The lowest BCUT2D eigenvalue weighted by molar-refractivity contribution is 0.0199. The molecular formula is C12H19F2N3O3S. The summed E-state index contributed by atoms with van der Waals surface area (Å²) in [5.74, 6) is 5.29. The highest BCUT2D eigenvalue weighted by atomic mass is 32.2. The number of hydrazine groups is 1. The van der Waals surface area contributed by atoms with Crippen molar-refractivity contribution in [1.29, 1.82) is 0 Å². The summed E-state index contributed by atoms with van der Waals surface area (Å²) in [4.78, 5) is 0.148. The first kappa shape index (κ1) is 17.8. The molecule has 0 spiro atoms. The Morgan fingerprint density at radius 2 is 1.86 bits per heavy atom. The van der Waals surface area contributed by atoms with Gasteiger partial charge in [-0.2, -0.15) is 0 Å². The molecule has 1 aromatic carbocycles. The van der Waals surface area contributed by atoms with Crippen LogP contribution < -0.4 is 16.0 Å². The third kappa shape index (κ3) is 5.20. The van der Waals surface area contributed by atoms with Gasteiger partial charge in [-0.3, -0.25) is 5.84 Å². The van der Waals surface area contributed by atoms with Crippen LogP contribution in [-0.4, -0.2) is 34.6 Å². The Balaban J connectivity index is 2.75. The van der Waals surface area contributed by atoms with Gasteiger partial charge < -0.3 is 10.2 Å². The highest BCUT2D eigenvalue weighted by Crippen LogP contribution is 2.23. The van der Waals surface area contributed by atoms with Gasteiger partial charge >= 0.3 is 0 Å². The van der Waals surface area contributed by atoms with Crippen molar-refractivity contribution in [3.63, 3.8) is 0 Å². The van der Waals surface area contributed by atoms with Crippen LogP contribution in [0, 0.1) is 13.8 Å². The SMILES string of the molecule is Cc1cc(NN)cc(C)c1S(=O)(=O)NCCOCC(F)F.